The topological polar surface area (TPSA) is 69.7 Å². The van der Waals surface area contributed by atoms with Gasteiger partial charge in [-0.3, -0.25) is 14.2 Å². The highest BCUT2D eigenvalue weighted by Gasteiger charge is 2.42. The molecule has 0 fully saturated rings. The number of ketones is 2. The lowest BCUT2D eigenvalue weighted by atomic mass is 10.1. The van der Waals surface area contributed by atoms with Gasteiger partial charge in [-0.25, -0.2) is 0 Å². The summed E-state index contributed by atoms with van der Waals surface area (Å²) in [5.74, 6) is -11.2. The number of carbonyl (C=O) groups is 2. The third kappa shape index (κ3) is 5.34. The second kappa shape index (κ2) is 9.23. The highest BCUT2D eigenvalue weighted by Crippen LogP contribution is 2.33. The molecule has 0 saturated carbocycles. The van der Waals surface area contributed by atoms with E-state index in [4.69, 9.17) is 0 Å². The van der Waals surface area contributed by atoms with E-state index < -0.39 is 56.0 Å². The normalized spacial score (nSPS) is 12.2. The fraction of sp³-hybridized carbons (Fsp3) is 0.222. The van der Waals surface area contributed by atoms with Crippen LogP contribution < -0.4 is 0 Å². The van der Waals surface area contributed by atoms with Gasteiger partial charge in [-0.2, -0.15) is 17.6 Å². The summed E-state index contributed by atoms with van der Waals surface area (Å²) in [5, 5.41) is 0. The van der Waals surface area contributed by atoms with Gasteiger partial charge in [0.1, 0.15) is 13.2 Å². The minimum atomic E-state index is -3.89. The predicted octanol–water partition coefficient (Wildman–Crippen LogP) is 4.13. The van der Waals surface area contributed by atoms with Gasteiger partial charge in [-0.1, -0.05) is 60.7 Å². The van der Waals surface area contributed by atoms with E-state index in [2.05, 4.69) is 9.05 Å². The Morgan fingerprint density at radius 3 is 1.36 bits per heavy atom. The van der Waals surface area contributed by atoms with Gasteiger partial charge in [0, 0.05) is 11.1 Å². The number of hydrogen-bond donors (Lipinski definition) is 0. The molecule has 0 unspecified atom stereocenters. The molecule has 2 aromatic carbocycles. The van der Waals surface area contributed by atoms with Gasteiger partial charge in [0.25, 0.3) is 0 Å². The molecule has 0 aliphatic rings. The van der Waals surface area contributed by atoms with Crippen molar-refractivity contribution >= 4 is 19.8 Å². The molecule has 0 bridgehead atoms. The predicted molar refractivity (Wildman–Crippen MR) is 91.6 cm³/mol. The second-order valence-corrected chi connectivity index (χ2v) is 6.63. The molecule has 0 heterocycles. The lowest BCUT2D eigenvalue weighted by Crippen LogP contribution is -2.30. The largest absolute Gasteiger partial charge is 0.332 e. The Morgan fingerprint density at radius 2 is 1.04 bits per heavy atom. The van der Waals surface area contributed by atoms with Gasteiger partial charge >= 0.3 is 20.1 Å². The molecule has 0 radical (unpaired) electrons. The Labute approximate surface area is 158 Å². The van der Waals surface area contributed by atoms with Gasteiger partial charge in [0.05, 0.1) is 0 Å². The highest BCUT2D eigenvalue weighted by molar-refractivity contribution is 7.33. The molecule has 28 heavy (non-hydrogen) atoms. The Balaban J connectivity index is 1.86. The van der Waals surface area contributed by atoms with Gasteiger partial charge in [-0.05, 0) is 0 Å². The van der Waals surface area contributed by atoms with Crippen molar-refractivity contribution < 1.29 is 40.8 Å². The van der Waals surface area contributed by atoms with E-state index in [1.807, 2.05) is 0 Å². The first-order valence-corrected chi connectivity index (χ1v) is 9.11. The zero-order valence-electron chi connectivity index (χ0n) is 14.2. The van der Waals surface area contributed by atoms with Crippen molar-refractivity contribution in [3.05, 3.63) is 71.8 Å². The van der Waals surface area contributed by atoms with Gasteiger partial charge < -0.3 is 9.05 Å². The second-order valence-electron chi connectivity index (χ2n) is 5.55. The van der Waals surface area contributed by atoms with Crippen molar-refractivity contribution in [3.63, 3.8) is 0 Å². The summed E-state index contributed by atoms with van der Waals surface area (Å²) in [6.07, 6.45) is 0. The van der Waals surface area contributed by atoms with Crippen molar-refractivity contribution in [3.8, 4) is 0 Å². The standard InChI is InChI=1S/C18H15F4O5P/c19-17(20,13-7-3-1-4-8-13)15(23)11-26-28(25)27-12-16(24)18(21,22)14-9-5-2-6-10-14/h1-10,28H,11-12H2. The SMILES string of the molecule is O=C(CO[PH](=O)OCC(=O)C(F)(F)c1ccccc1)C(F)(F)c1ccccc1. The van der Waals surface area contributed by atoms with Crippen LogP contribution in [-0.4, -0.2) is 24.8 Å². The molecule has 0 spiro atoms. The number of alkyl halides is 4. The van der Waals surface area contributed by atoms with Crippen LogP contribution in [-0.2, 0) is 35.0 Å². The molecule has 150 valence electrons. The van der Waals surface area contributed by atoms with Crippen LogP contribution in [0.1, 0.15) is 11.1 Å². The van der Waals surface area contributed by atoms with E-state index in [9.17, 15) is 31.7 Å². The quantitative estimate of drug-likeness (QED) is 0.429. The maximum Gasteiger partial charge on any atom is 0.332 e. The molecule has 0 aliphatic heterocycles. The molecule has 2 rings (SSSR count). The van der Waals surface area contributed by atoms with Crippen molar-refractivity contribution in [2.24, 2.45) is 0 Å². The Morgan fingerprint density at radius 1 is 0.714 bits per heavy atom. The Hall–Kier alpha value is -2.35. The number of halogens is 4. The minimum Gasteiger partial charge on any atom is -0.302 e. The number of Topliss-reactive ketones (excluding diaryl/α,β-unsaturated/α-hetero) is 2. The Bertz CT molecular complexity index is 774. The van der Waals surface area contributed by atoms with Crippen LogP contribution in [0.25, 0.3) is 0 Å². The molecular formula is C18H15F4O5P. The summed E-state index contributed by atoms with van der Waals surface area (Å²) in [6, 6.07) is 12.3. The van der Waals surface area contributed by atoms with Crippen molar-refractivity contribution in [2.45, 2.75) is 11.8 Å². The maximum atomic E-state index is 13.9. The van der Waals surface area contributed by atoms with E-state index >= 15 is 0 Å². The smallest absolute Gasteiger partial charge is 0.302 e. The zero-order chi connectivity index (χ0) is 20.8. The average molecular weight is 418 g/mol. The summed E-state index contributed by atoms with van der Waals surface area (Å²) in [5.41, 5.74) is -1.16. The van der Waals surface area contributed by atoms with E-state index in [0.29, 0.717) is 0 Å². The first-order chi connectivity index (χ1) is 13.2. The van der Waals surface area contributed by atoms with E-state index in [1.54, 1.807) is 0 Å². The fourth-order valence-electron chi connectivity index (χ4n) is 2.09. The van der Waals surface area contributed by atoms with Crippen LogP contribution in [0.4, 0.5) is 17.6 Å². The third-order valence-electron chi connectivity index (χ3n) is 3.62. The lowest BCUT2D eigenvalue weighted by Gasteiger charge is -2.16. The molecule has 0 N–H and O–H groups in total. The first-order valence-electron chi connectivity index (χ1n) is 7.88. The molecule has 0 aromatic heterocycles. The van der Waals surface area contributed by atoms with E-state index in [1.165, 1.54) is 36.4 Å². The average Bonchev–Trinajstić information content (AvgIpc) is 2.71. The van der Waals surface area contributed by atoms with Crippen LogP contribution in [0, 0.1) is 0 Å². The third-order valence-corrected chi connectivity index (χ3v) is 4.38. The molecule has 0 atom stereocenters. The number of rotatable bonds is 10. The summed E-state index contributed by atoms with van der Waals surface area (Å²) in [7, 11) is -3.62. The molecule has 2 aromatic rings. The zero-order valence-corrected chi connectivity index (χ0v) is 15.2. The van der Waals surface area contributed by atoms with Crippen molar-refractivity contribution in [1.29, 1.82) is 0 Å². The van der Waals surface area contributed by atoms with Gasteiger partial charge in [-0.15, -0.1) is 0 Å². The van der Waals surface area contributed by atoms with Crippen molar-refractivity contribution in [1.82, 2.24) is 0 Å². The summed E-state index contributed by atoms with van der Waals surface area (Å²) >= 11 is 0. The van der Waals surface area contributed by atoms with E-state index in [0.717, 1.165) is 24.3 Å². The molecule has 0 aliphatic carbocycles. The number of carbonyl (C=O) groups excluding carboxylic acids is 2. The summed E-state index contributed by atoms with van der Waals surface area (Å²) in [4.78, 5) is 23.2. The summed E-state index contributed by atoms with van der Waals surface area (Å²) < 4.78 is 76.1. The molecule has 0 amide bonds. The van der Waals surface area contributed by atoms with Crippen LogP contribution in [0.5, 0.6) is 0 Å². The van der Waals surface area contributed by atoms with Crippen LogP contribution >= 0.6 is 8.25 Å². The molecule has 10 heteroatoms. The number of benzene rings is 2. The summed E-state index contributed by atoms with van der Waals surface area (Å²) in [6.45, 7) is -2.55. The minimum absolute atomic E-state index is 0.582. The first kappa shape index (κ1) is 21.9. The monoisotopic (exact) mass is 418 g/mol. The molecular weight excluding hydrogens is 403 g/mol. The fourth-order valence-corrected chi connectivity index (χ4v) is 2.67. The van der Waals surface area contributed by atoms with Gasteiger partial charge in [0.2, 0.25) is 11.6 Å². The van der Waals surface area contributed by atoms with E-state index in [-0.39, 0.29) is 0 Å². The maximum absolute atomic E-state index is 13.9. The Kier molecular flexibility index (Phi) is 7.23. The van der Waals surface area contributed by atoms with Crippen LogP contribution in [0.15, 0.2) is 60.7 Å². The van der Waals surface area contributed by atoms with Crippen molar-refractivity contribution in [2.75, 3.05) is 13.2 Å². The molecule has 5 nitrogen and oxygen atoms in total. The lowest BCUT2D eigenvalue weighted by molar-refractivity contribution is -0.147. The van der Waals surface area contributed by atoms with Crippen LogP contribution in [0.2, 0.25) is 0 Å². The molecule has 0 saturated heterocycles. The van der Waals surface area contributed by atoms with Crippen LogP contribution in [0.3, 0.4) is 0 Å². The number of hydrogen-bond acceptors (Lipinski definition) is 5. The highest BCUT2D eigenvalue weighted by atomic mass is 31.1. The van der Waals surface area contributed by atoms with Gasteiger partial charge in [0.15, 0.2) is 0 Å².